The zero-order chi connectivity index (χ0) is 17.2. The van der Waals surface area contributed by atoms with Crippen molar-refractivity contribution in [2.24, 2.45) is 0 Å². The molecule has 2 aliphatic rings. The third-order valence-electron chi connectivity index (χ3n) is 4.89. The van der Waals surface area contributed by atoms with Gasteiger partial charge in [0.2, 0.25) is 10.0 Å². The van der Waals surface area contributed by atoms with Gasteiger partial charge in [0.1, 0.15) is 10.7 Å². The minimum absolute atomic E-state index is 0.188. The number of aromatic nitrogens is 1. The molecule has 1 aromatic rings. The Hall–Kier alpha value is -1.22. The molecule has 2 N–H and O–H groups in total. The maximum atomic E-state index is 12.7. The number of rotatable bonds is 4. The Kier molecular flexibility index (Phi) is 5.39. The van der Waals surface area contributed by atoms with E-state index in [1.807, 2.05) is 7.05 Å². The van der Waals surface area contributed by atoms with Crippen LogP contribution in [0.25, 0.3) is 0 Å². The van der Waals surface area contributed by atoms with Gasteiger partial charge in [0.25, 0.3) is 0 Å². The molecule has 0 unspecified atom stereocenters. The van der Waals surface area contributed by atoms with Gasteiger partial charge in [0.15, 0.2) is 0 Å². The number of likely N-dealkylation sites (N-methyl/N-ethyl adjacent to an activating group) is 1. The Bertz CT molecular complexity index is 634. The first-order chi connectivity index (χ1) is 11.4. The molecule has 0 radical (unpaired) electrons. The molecule has 1 saturated heterocycles. The van der Waals surface area contributed by atoms with Crippen LogP contribution in [0.3, 0.4) is 0 Å². The summed E-state index contributed by atoms with van der Waals surface area (Å²) in [6.07, 6.45) is 4.66. The van der Waals surface area contributed by atoms with Crippen molar-refractivity contribution in [3.63, 3.8) is 0 Å². The van der Waals surface area contributed by atoms with Gasteiger partial charge in [-0.05, 0) is 44.9 Å². The summed E-state index contributed by atoms with van der Waals surface area (Å²) in [4.78, 5) is 6.65. The van der Waals surface area contributed by atoms with Crippen LogP contribution in [0, 0.1) is 0 Å². The fraction of sp³-hybridized carbons (Fsp3) is 0.688. The molecule has 1 aliphatic heterocycles. The number of sulfonamides is 1. The molecule has 2 heterocycles. The van der Waals surface area contributed by atoms with E-state index in [9.17, 15) is 13.5 Å². The summed E-state index contributed by atoms with van der Waals surface area (Å²) in [6.45, 7) is 2.53. The van der Waals surface area contributed by atoms with E-state index in [1.165, 1.54) is 10.5 Å². The number of nitrogens with zero attached hydrogens (tertiary/aromatic N) is 3. The normalized spacial score (nSPS) is 27.1. The van der Waals surface area contributed by atoms with Crippen molar-refractivity contribution in [3.8, 4) is 0 Å². The van der Waals surface area contributed by atoms with E-state index in [1.54, 1.807) is 12.1 Å². The topological polar surface area (TPSA) is 85.8 Å². The monoisotopic (exact) mass is 354 g/mol. The summed E-state index contributed by atoms with van der Waals surface area (Å²) in [6, 6.07) is 3.65. The van der Waals surface area contributed by atoms with E-state index < -0.39 is 10.0 Å². The van der Waals surface area contributed by atoms with Crippen molar-refractivity contribution >= 4 is 15.8 Å². The van der Waals surface area contributed by atoms with Gasteiger partial charge in [0, 0.05) is 38.4 Å². The van der Waals surface area contributed by atoms with Gasteiger partial charge < -0.3 is 15.3 Å². The third-order valence-corrected chi connectivity index (χ3v) is 6.77. The van der Waals surface area contributed by atoms with Gasteiger partial charge in [-0.1, -0.05) is 0 Å². The molecule has 8 heteroatoms. The summed E-state index contributed by atoms with van der Waals surface area (Å²) in [5.41, 5.74) is 0. The van der Waals surface area contributed by atoms with E-state index in [4.69, 9.17) is 0 Å². The lowest BCUT2D eigenvalue weighted by Gasteiger charge is -2.31. The second-order valence-corrected chi connectivity index (χ2v) is 8.67. The maximum absolute atomic E-state index is 12.7. The van der Waals surface area contributed by atoms with Gasteiger partial charge in [-0.25, -0.2) is 13.4 Å². The standard InChI is InChI=1S/C16H26N4O3S/c1-19-8-10-20(11-9-19)24(22,23)15-6-7-16(17-12-15)18-13-2-4-14(21)5-3-13/h6-7,12-14,21H,2-5,8-11H2,1H3,(H,17,18). The highest BCUT2D eigenvalue weighted by molar-refractivity contribution is 7.89. The lowest BCUT2D eigenvalue weighted by atomic mass is 9.93. The first-order valence-corrected chi connectivity index (χ1v) is 9.98. The van der Waals surface area contributed by atoms with Crippen molar-refractivity contribution in [2.45, 2.75) is 42.7 Å². The Labute approximate surface area is 143 Å². The van der Waals surface area contributed by atoms with Crippen LogP contribution in [0.2, 0.25) is 0 Å². The van der Waals surface area contributed by atoms with Gasteiger partial charge in [-0.15, -0.1) is 0 Å². The first kappa shape index (κ1) is 17.6. The summed E-state index contributed by atoms with van der Waals surface area (Å²) in [7, 11) is -1.46. The predicted molar refractivity (Wildman–Crippen MR) is 92.4 cm³/mol. The smallest absolute Gasteiger partial charge is 0.244 e. The molecule has 0 atom stereocenters. The van der Waals surface area contributed by atoms with E-state index in [0.717, 1.165) is 38.8 Å². The lowest BCUT2D eigenvalue weighted by molar-refractivity contribution is 0.126. The minimum atomic E-state index is -3.46. The van der Waals surface area contributed by atoms with Gasteiger partial charge in [0.05, 0.1) is 6.10 Å². The molecular weight excluding hydrogens is 328 g/mol. The Morgan fingerprint density at radius 1 is 1.12 bits per heavy atom. The first-order valence-electron chi connectivity index (χ1n) is 8.54. The maximum Gasteiger partial charge on any atom is 0.244 e. The number of piperazine rings is 1. The SMILES string of the molecule is CN1CCN(S(=O)(=O)c2ccc(NC3CCC(O)CC3)nc2)CC1. The van der Waals surface area contributed by atoms with Crippen LogP contribution in [-0.4, -0.2) is 73.1 Å². The predicted octanol–water partition coefficient (Wildman–Crippen LogP) is 0.733. The van der Waals surface area contributed by atoms with Crippen LogP contribution in [0.15, 0.2) is 23.2 Å². The lowest BCUT2D eigenvalue weighted by Crippen LogP contribution is -2.47. The highest BCUT2D eigenvalue weighted by atomic mass is 32.2. The molecule has 24 heavy (non-hydrogen) atoms. The number of pyridine rings is 1. The van der Waals surface area contributed by atoms with Crippen LogP contribution in [0.1, 0.15) is 25.7 Å². The molecule has 0 spiro atoms. The average molecular weight is 354 g/mol. The molecule has 2 fully saturated rings. The highest BCUT2D eigenvalue weighted by Gasteiger charge is 2.27. The van der Waals surface area contributed by atoms with Crippen molar-refractivity contribution in [3.05, 3.63) is 18.3 Å². The number of hydrogen-bond acceptors (Lipinski definition) is 6. The fourth-order valence-electron chi connectivity index (χ4n) is 3.23. The number of nitrogens with one attached hydrogen (secondary N) is 1. The van der Waals surface area contributed by atoms with Crippen molar-refractivity contribution in [1.82, 2.24) is 14.2 Å². The summed E-state index contributed by atoms with van der Waals surface area (Å²) >= 11 is 0. The Morgan fingerprint density at radius 3 is 2.38 bits per heavy atom. The number of aliphatic hydroxyl groups is 1. The fourth-order valence-corrected chi connectivity index (χ4v) is 4.59. The minimum Gasteiger partial charge on any atom is -0.393 e. The summed E-state index contributed by atoms with van der Waals surface area (Å²) in [5, 5.41) is 12.9. The molecule has 1 aromatic heterocycles. The second-order valence-electron chi connectivity index (χ2n) is 6.74. The molecule has 0 amide bonds. The molecule has 0 aromatic carbocycles. The summed E-state index contributed by atoms with van der Waals surface area (Å²) in [5.74, 6) is 0.689. The largest absolute Gasteiger partial charge is 0.393 e. The molecule has 1 aliphatic carbocycles. The molecule has 7 nitrogen and oxygen atoms in total. The average Bonchev–Trinajstić information content (AvgIpc) is 2.58. The van der Waals surface area contributed by atoms with Gasteiger partial charge >= 0.3 is 0 Å². The van der Waals surface area contributed by atoms with Crippen LogP contribution in [0.5, 0.6) is 0 Å². The van der Waals surface area contributed by atoms with Crippen LogP contribution < -0.4 is 5.32 Å². The number of anilines is 1. The third kappa shape index (κ3) is 4.05. The van der Waals surface area contributed by atoms with E-state index in [0.29, 0.717) is 24.9 Å². The van der Waals surface area contributed by atoms with E-state index >= 15 is 0 Å². The van der Waals surface area contributed by atoms with E-state index in [2.05, 4.69) is 15.2 Å². The molecule has 134 valence electrons. The molecule has 0 bridgehead atoms. The number of aliphatic hydroxyl groups excluding tert-OH is 1. The van der Waals surface area contributed by atoms with Crippen LogP contribution in [0.4, 0.5) is 5.82 Å². The van der Waals surface area contributed by atoms with Gasteiger partial charge in [-0.3, -0.25) is 0 Å². The van der Waals surface area contributed by atoms with Crippen molar-refractivity contribution in [1.29, 1.82) is 0 Å². The molecular formula is C16H26N4O3S. The Morgan fingerprint density at radius 2 is 1.79 bits per heavy atom. The van der Waals surface area contributed by atoms with Gasteiger partial charge in [-0.2, -0.15) is 4.31 Å². The quantitative estimate of drug-likeness (QED) is 0.829. The summed E-state index contributed by atoms with van der Waals surface area (Å²) < 4.78 is 26.8. The van der Waals surface area contributed by atoms with Crippen molar-refractivity contribution in [2.75, 3.05) is 38.5 Å². The molecule has 3 rings (SSSR count). The van der Waals surface area contributed by atoms with E-state index in [-0.39, 0.29) is 11.0 Å². The molecule has 1 saturated carbocycles. The highest BCUT2D eigenvalue weighted by Crippen LogP contribution is 2.22. The van der Waals surface area contributed by atoms with Crippen LogP contribution in [-0.2, 0) is 10.0 Å². The number of hydrogen-bond donors (Lipinski definition) is 2. The Balaban J connectivity index is 1.63. The zero-order valence-corrected chi connectivity index (χ0v) is 14.9. The van der Waals surface area contributed by atoms with Crippen LogP contribution >= 0.6 is 0 Å². The zero-order valence-electron chi connectivity index (χ0n) is 14.1. The van der Waals surface area contributed by atoms with Crippen molar-refractivity contribution < 1.29 is 13.5 Å². The second kappa shape index (κ2) is 7.35.